The quantitative estimate of drug-likeness (QED) is 0.154. The minimum absolute atomic E-state index is 0.0879. The van der Waals surface area contributed by atoms with Crippen LogP contribution in [-0.4, -0.2) is 11.6 Å². The fraction of sp³-hybridized carbons (Fsp3) is 0. The first-order valence-electron chi connectivity index (χ1n) is 11.2. The van der Waals surface area contributed by atoms with Crippen LogP contribution in [0.5, 0.6) is 0 Å². The lowest BCUT2D eigenvalue weighted by Crippen LogP contribution is -2.04. The molecule has 5 aromatic rings. The van der Waals surface area contributed by atoms with E-state index in [2.05, 4.69) is 0 Å². The number of allylic oxidation sites excluding steroid dienone is 2. The molecule has 2 nitrogen and oxygen atoms in total. The highest BCUT2D eigenvalue weighted by Gasteiger charge is 2.19. The zero-order valence-corrected chi connectivity index (χ0v) is 18.5. The third-order valence-electron chi connectivity index (χ3n) is 5.88. The van der Waals surface area contributed by atoms with E-state index in [0.29, 0.717) is 11.1 Å². The van der Waals surface area contributed by atoms with Gasteiger partial charge in [-0.25, -0.2) is 0 Å². The van der Waals surface area contributed by atoms with Gasteiger partial charge in [-0.3, -0.25) is 9.59 Å². The number of hydrogen-bond donors (Lipinski definition) is 0. The molecule has 0 saturated carbocycles. The van der Waals surface area contributed by atoms with Crippen molar-refractivity contribution < 1.29 is 9.59 Å². The van der Waals surface area contributed by atoms with Crippen LogP contribution in [0.25, 0.3) is 33.7 Å². The maximum Gasteiger partial charge on any atom is 0.187 e. The lowest BCUT2D eigenvalue weighted by atomic mass is 9.88. The van der Waals surface area contributed by atoms with E-state index in [1.807, 2.05) is 121 Å². The Bertz CT molecular complexity index is 1380. The first-order valence-corrected chi connectivity index (χ1v) is 11.2. The van der Waals surface area contributed by atoms with Crippen LogP contribution in [0, 0.1) is 0 Å². The number of fused-ring (bicyclic) bond motifs is 2. The Morgan fingerprint density at radius 1 is 0.412 bits per heavy atom. The number of rotatable bonds is 6. The summed E-state index contributed by atoms with van der Waals surface area (Å²) in [6.07, 6.45) is 6.88. The highest BCUT2D eigenvalue weighted by molar-refractivity contribution is 6.30. The normalized spacial score (nSPS) is 11.5. The Morgan fingerprint density at radius 2 is 0.706 bits per heavy atom. The second-order valence-corrected chi connectivity index (χ2v) is 8.06. The number of benzene rings is 5. The third kappa shape index (κ3) is 4.22. The van der Waals surface area contributed by atoms with Crippen LogP contribution in [0.4, 0.5) is 0 Å². The molecule has 0 aliphatic rings. The standard InChI is InChI=1S/C32H22O2/c33-29(21-19-23-11-3-1-4-12-23)31-25-15-7-9-17-27(25)32(28-18-10-8-16-26(28)31)30(34)22-20-24-13-5-2-6-14-24/h1-22H. The van der Waals surface area contributed by atoms with Gasteiger partial charge >= 0.3 is 0 Å². The molecule has 0 unspecified atom stereocenters. The summed E-state index contributed by atoms with van der Waals surface area (Å²) >= 11 is 0. The minimum Gasteiger partial charge on any atom is -0.289 e. The Balaban J connectivity index is 1.67. The van der Waals surface area contributed by atoms with Gasteiger partial charge in [-0.1, -0.05) is 121 Å². The van der Waals surface area contributed by atoms with Crippen molar-refractivity contribution in [3.63, 3.8) is 0 Å². The lowest BCUT2D eigenvalue weighted by molar-refractivity contribution is 0.104. The van der Waals surface area contributed by atoms with E-state index in [-0.39, 0.29) is 11.6 Å². The third-order valence-corrected chi connectivity index (χ3v) is 5.88. The van der Waals surface area contributed by atoms with Crippen molar-refractivity contribution in [1.82, 2.24) is 0 Å². The number of carbonyl (C=O) groups excluding carboxylic acids is 2. The molecule has 0 heterocycles. The van der Waals surface area contributed by atoms with Crippen molar-refractivity contribution in [2.45, 2.75) is 0 Å². The minimum atomic E-state index is -0.0879. The molecule has 34 heavy (non-hydrogen) atoms. The van der Waals surface area contributed by atoms with Crippen LogP contribution in [0.1, 0.15) is 31.8 Å². The Hall–Kier alpha value is -4.56. The monoisotopic (exact) mass is 438 g/mol. The van der Waals surface area contributed by atoms with Crippen LogP contribution < -0.4 is 0 Å². The molecule has 0 bridgehead atoms. The molecule has 5 rings (SSSR count). The maximum atomic E-state index is 13.5. The molecular formula is C32H22O2. The average molecular weight is 439 g/mol. The van der Waals surface area contributed by atoms with Crippen LogP contribution in [-0.2, 0) is 0 Å². The van der Waals surface area contributed by atoms with E-state index in [1.165, 1.54) is 0 Å². The van der Waals surface area contributed by atoms with Crippen molar-refractivity contribution in [3.8, 4) is 0 Å². The molecule has 5 aromatic carbocycles. The molecule has 0 fully saturated rings. The summed E-state index contributed by atoms with van der Waals surface area (Å²) in [5.41, 5.74) is 3.15. The van der Waals surface area contributed by atoms with E-state index < -0.39 is 0 Å². The summed E-state index contributed by atoms with van der Waals surface area (Å²) in [7, 11) is 0. The molecule has 0 aliphatic carbocycles. The lowest BCUT2D eigenvalue weighted by Gasteiger charge is -2.14. The molecule has 2 heteroatoms. The van der Waals surface area contributed by atoms with Crippen LogP contribution in [0.3, 0.4) is 0 Å². The van der Waals surface area contributed by atoms with Gasteiger partial charge in [-0.05, 0) is 44.8 Å². The first kappa shape index (κ1) is 21.3. The van der Waals surface area contributed by atoms with Gasteiger partial charge in [0.25, 0.3) is 0 Å². The van der Waals surface area contributed by atoms with E-state index >= 15 is 0 Å². The molecule has 0 amide bonds. The van der Waals surface area contributed by atoms with Crippen molar-refractivity contribution in [3.05, 3.63) is 144 Å². The van der Waals surface area contributed by atoms with Crippen molar-refractivity contribution in [2.24, 2.45) is 0 Å². The second kappa shape index (κ2) is 9.51. The molecule has 0 spiro atoms. The molecular weight excluding hydrogens is 416 g/mol. The van der Waals surface area contributed by atoms with E-state index in [4.69, 9.17) is 0 Å². The molecule has 0 saturated heterocycles. The highest BCUT2D eigenvalue weighted by atomic mass is 16.1. The van der Waals surface area contributed by atoms with Crippen LogP contribution in [0.15, 0.2) is 121 Å². The van der Waals surface area contributed by atoms with Gasteiger partial charge < -0.3 is 0 Å². The molecule has 0 N–H and O–H groups in total. The zero-order chi connectivity index (χ0) is 23.3. The van der Waals surface area contributed by atoms with E-state index in [0.717, 1.165) is 32.7 Å². The smallest absolute Gasteiger partial charge is 0.187 e. The fourth-order valence-electron chi connectivity index (χ4n) is 4.30. The Morgan fingerprint density at radius 3 is 1.03 bits per heavy atom. The average Bonchev–Trinajstić information content (AvgIpc) is 2.90. The predicted molar refractivity (Wildman–Crippen MR) is 141 cm³/mol. The summed E-state index contributed by atoms with van der Waals surface area (Å²) in [5, 5.41) is 3.11. The van der Waals surface area contributed by atoms with Gasteiger partial charge in [0.15, 0.2) is 11.6 Å². The van der Waals surface area contributed by atoms with Gasteiger partial charge in [0.2, 0.25) is 0 Å². The van der Waals surface area contributed by atoms with Crippen LogP contribution in [0.2, 0.25) is 0 Å². The molecule has 162 valence electrons. The molecule has 0 aliphatic heterocycles. The van der Waals surface area contributed by atoms with Gasteiger partial charge in [-0.2, -0.15) is 0 Å². The molecule has 0 atom stereocenters. The fourth-order valence-corrected chi connectivity index (χ4v) is 4.30. The van der Waals surface area contributed by atoms with E-state index in [1.54, 1.807) is 12.2 Å². The van der Waals surface area contributed by atoms with Gasteiger partial charge in [0.05, 0.1) is 0 Å². The molecule has 0 radical (unpaired) electrons. The zero-order valence-electron chi connectivity index (χ0n) is 18.5. The summed E-state index contributed by atoms with van der Waals surface area (Å²) in [6, 6.07) is 34.8. The first-order chi connectivity index (χ1) is 16.7. The number of carbonyl (C=O) groups is 2. The van der Waals surface area contributed by atoms with Crippen molar-refractivity contribution >= 4 is 45.3 Å². The summed E-state index contributed by atoms with van der Waals surface area (Å²) in [4.78, 5) is 26.9. The SMILES string of the molecule is O=C(C=Cc1ccccc1)c1c2ccccc2c(C(=O)C=Cc2ccccc2)c2ccccc12. The second-order valence-electron chi connectivity index (χ2n) is 8.06. The molecule has 0 aromatic heterocycles. The van der Waals surface area contributed by atoms with Gasteiger partial charge in [0, 0.05) is 11.1 Å². The number of ketones is 2. The Labute approximate surface area is 198 Å². The summed E-state index contributed by atoms with van der Waals surface area (Å²) in [6.45, 7) is 0. The van der Waals surface area contributed by atoms with Gasteiger partial charge in [0.1, 0.15) is 0 Å². The van der Waals surface area contributed by atoms with E-state index in [9.17, 15) is 9.59 Å². The van der Waals surface area contributed by atoms with Crippen LogP contribution >= 0.6 is 0 Å². The Kier molecular flexibility index (Phi) is 5.96. The van der Waals surface area contributed by atoms with Gasteiger partial charge in [-0.15, -0.1) is 0 Å². The summed E-state index contributed by atoms with van der Waals surface area (Å²) in [5.74, 6) is -0.176. The summed E-state index contributed by atoms with van der Waals surface area (Å²) < 4.78 is 0. The number of hydrogen-bond acceptors (Lipinski definition) is 2. The largest absolute Gasteiger partial charge is 0.289 e. The van der Waals surface area contributed by atoms with Crippen molar-refractivity contribution in [2.75, 3.05) is 0 Å². The maximum absolute atomic E-state index is 13.5. The highest BCUT2D eigenvalue weighted by Crippen LogP contribution is 2.34. The predicted octanol–water partition coefficient (Wildman–Crippen LogP) is 7.79. The van der Waals surface area contributed by atoms with Crippen molar-refractivity contribution in [1.29, 1.82) is 0 Å². The topological polar surface area (TPSA) is 34.1 Å².